The molecular weight excluding hydrogens is 268 g/mol. The van der Waals surface area contributed by atoms with E-state index in [-0.39, 0.29) is 5.92 Å². The van der Waals surface area contributed by atoms with E-state index in [1.54, 1.807) is 0 Å². The number of rotatable bonds is 3. The second-order valence-electron chi connectivity index (χ2n) is 4.69. The van der Waals surface area contributed by atoms with E-state index in [0.717, 1.165) is 23.1 Å². The van der Waals surface area contributed by atoms with Crippen LogP contribution in [0.4, 0.5) is 0 Å². The maximum atomic E-state index is 10.5. The van der Waals surface area contributed by atoms with Gasteiger partial charge in [-0.3, -0.25) is 0 Å². The summed E-state index contributed by atoms with van der Waals surface area (Å²) in [6.45, 7) is 3.36. The van der Waals surface area contributed by atoms with Gasteiger partial charge in [-0.25, -0.2) is 0 Å². The highest BCUT2D eigenvalue weighted by Crippen LogP contribution is 2.31. The molecule has 1 saturated heterocycles. The van der Waals surface area contributed by atoms with E-state index in [0.29, 0.717) is 13.0 Å². The first kappa shape index (κ1) is 12.1. The predicted molar refractivity (Wildman–Crippen MR) is 67.4 cm³/mol. The molecule has 0 spiro atoms. The Kier molecular flexibility index (Phi) is 3.67. The maximum absolute atomic E-state index is 10.5. The summed E-state index contributed by atoms with van der Waals surface area (Å²) in [5.41, 5.74) is 0.472. The zero-order valence-corrected chi connectivity index (χ0v) is 11.0. The van der Waals surface area contributed by atoms with E-state index in [9.17, 15) is 5.11 Å². The molecule has 0 amide bonds. The van der Waals surface area contributed by atoms with Crippen molar-refractivity contribution >= 4 is 15.9 Å². The van der Waals surface area contributed by atoms with Gasteiger partial charge in [0.25, 0.3) is 0 Å². The molecule has 1 aliphatic rings. The van der Waals surface area contributed by atoms with E-state index >= 15 is 0 Å². The first-order chi connectivity index (χ1) is 7.59. The number of aliphatic hydroxyl groups is 1. The summed E-state index contributed by atoms with van der Waals surface area (Å²) < 4.78 is 6.40. The van der Waals surface area contributed by atoms with Gasteiger partial charge >= 0.3 is 0 Å². The molecule has 3 heteroatoms. The quantitative estimate of drug-likeness (QED) is 0.925. The van der Waals surface area contributed by atoms with Gasteiger partial charge in [-0.1, -0.05) is 34.1 Å². The minimum Gasteiger partial charge on any atom is -0.389 e. The van der Waals surface area contributed by atoms with E-state index in [2.05, 4.69) is 15.9 Å². The average molecular weight is 285 g/mol. The highest BCUT2D eigenvalue weighted by atomic mass is 79.9. The first-order valence-electron chi connectivity index (χ1n) is 5.63. The maximum Gasteiger partial charge on any atom is 0.0711 e. The molecule has 2 rings (SSSR count). The standard InChI is InChI=1S/C13H17BrO2/c1-13(15,11-6-7-16-9-11)8-10-4-2-3-5-12(10)14/h2-5,11,15H,6-9H2,1H3. The monoisotopic (exact) mass is 284 g/mol. The van der Waals surface area contributed by atoms with Gasteiger partial charge in [0.05, 0.1) is 12.2 Å². The number of hydrogen-bond acceptors (Lipinski definition) is 2. The van der Waals surface area contributed by atoms with Gasteiger partial charge in [0, 0.05) is 23.4 Å². The molecule has 1 fully saturated rings. The lowest BCUT2D eigenvalue weighted by Crippen LogP contribution is -2.37. The SMILES string of the molecule is CC(O)(Cc1ccccc1Br)C1CCOC1. The lowest BCUT2D eigenvalue weighted by molar-refractivity contribution is -0.00466. The second kappa shape index (κ2) is 4.86. The molecule has 0 bridgehead atoms. The fourth-order valence-corrected chi connectivity index (χ4v) is 2.62. The highest BCUT2D eigenvalue weighted by molar-refractivity contribution is 9.10. The molecule has 1 N–H and O–H groups in total. The van der Waals surface area contributed by atoms with Crippen molar-refractivity contribution in [2.45, 2.75) is 25.4 Å². The molecule has 16 heavy (non-hydrogen) atoms. The van der Waals surface area contributed by atoms with Crippen LogP contribution < -0.4 is 0 Å². The van der Waals surface area contributed by atoms with Crippen molar-refractivity contribution in [3.63, 3.8) is 0 Å². The van der Waals surface area contributed by atoms with Crippen LogP contribution in [0.25, 0.3) is 0 Å². The summed E-state index contributed by atoms with van der Waals surface area (Å²) in [5.74, 6) is 0.250. The molecule has 0 aliphatic carbocycles. The highest BCUT2D eigenvalue weighted by Gasteiger charge is 2.35. The molecule has 88 valence electrons. The van der Waals surface area contributed by atoms with Crippen LogP contribution in [-0.2, 0) is 11.2 Å². The zero-order chi connectivity index (χ0) is 11.6. The Morgan fingerprint density at radius 3 is 2.88 bits per heavy atom. The molecule has 1 heterocycles. The van der Waals surface area contributed by atoms with Crippen molar-refractivity contribution in [1.29, 1.82) is 0 Å². The van der Waals surface area contributed by atoms with Crippen molar-refractivity contribution in [3.05, 3.63) is 34.3 Å². The molecule has 0 radical (unpaired) electrons. The average Bonchev–Trinajstić information content (AvgIpc) is 2.75. The number of hydrogen-bond donors (Lipinski definition) is 1. The lowest BCUT2D eigenvalue weighted by atomic mass is 9.83. The van der Waals surface area contributed by atoms with E-state index in [1.165, 1.54) is 0 Å². The predicted octanol–water partition coefficient (Wildman–Crippen LogP) is 2.78. The van der Waals surface area contributed by atoms with Crippen LogP contribution in [0.15, 0.2) is 28.7 Å². The summed E-state index contributed by atoms with van der Waals surface area (Å²) in [4.78, 5) is 0. The zero-order valence-electron chi connectivity index (χ0n) is 9.45. The van der Waals surface area contributed by atoms with Gasteiger partial charge in [0.1, 0.15) is 0 Å². The smallest absolute Gasteiger partial charge is 0.0711 e. The third-order valence-corrected chi connectivity index (χ3v) is 4.09. The number of benzene rings is 1. The Balaban J connectivity index is 2.10. The van der Waals surface area contributed by atoms with E-state index in [1.807, 2.05) is 31.2 Å². The van der Waals surface area contributed by atoms with Crippen LogP contribution in [0.5, 0.6) is 0 Å². The van der Waals surface area contributed by atoms with Crippen LogP contribution in [0.2, 0.25) is 0 Å². The molecule has 2 unspecified atom stereocenters. The van der Waals surface area contributed by atoms with Gasteiger partial charge < -0.3 is 9.84 Å². The topological polar surface area (TPSA) is 29.5 Å². The Bertz CT molecular complexity index is 357. The van der Waals surface area contributed by atoms with Crippen LogP contribution in [0.3, 0.4) is 0 Å². The Hall–Kier alpha value is -0.380. The van der Waals surface area contributed by atoms with Gasteiger partial charge in [-0.2, -0.15) is 0 Å². The van der Waals surface area contributed by atoms with Crippen molar-refractivity contribution in [1.82, 2.24) is 0 Å². The minimum absolute atomic E-state index is 0.250. The number of halogens is 1. The molecule has 0 saturated carbocycles. The summed E-state index contributed by atoms with van der Waals surface area (Å²) in [7, 11) is 0. The molecule has 2 nitrogen and oxygen atoms in total. The Morgan fingerprint density at radius 2 is 2.25 bits per heavy atom. The normalized spacial score (nSPS) is 24.3. The third-order valence-electron chi connectivity index (χ3n) is 3.32. The molecule has 1 aromatic rings. The first-order valence-corrected chi connectivity index (χ1v) is 6.42. The third kappa shape index (κ3) is 2.65. The van der Waals surface area contributed by atoms with Crippen molar-refractivity contribution in [2.24, 2.45) is 5.92 Å². The summed E-state index contributed by atoms with van der Waals surface area (Å²) in [6.07, 6.45) is 1.62. The van der Waals surface area contributed by atoms with Crippen LogP contribution in [-0.4, -0.2) is 23.9 Å². The van der Waals surface area contributed by atoms with Gasteiger partial charge in [0.15, 0.2) is 0 Å². The molecule has 0 aromatic heterocycles. The molecule has 1 aliphatic heterocycles. The fraction of sp³-hybridized carbons (Fsp3) is 0.538. The Morgan fingerprint density at radius 1 is 1.50 bits per heavy atom. The van der Waals surface area contributed by atoms with E-state index < -0.39 is 5.60 Å². The fourth-order valence-electron chi connectivity index (χ4n) is 2.20. The molecule has 1 aromatic carbocycles. The molecule has 2 atom stereocenters. The van der Waals surface area contributed by atoms with Crippen LogP contribution in [0.1, 0.15) is 18.9 Å². The van der Waals surface area contributed by atoms with Crippen LogP contribution in [0, 0.1) is 5.92 Å². The van der Waals surface area contributed by atoms with E-state index in [4.69, 9.17) is 4.74 Å². The summed E-state index contributed by atoms with van der Waals surface area (Å²) in [5, 5.41) is 10.5. The molecular formula is C13H17BrO2. The lowest BCUT2D eigenvalue weighted by Gasteiger charge is -2.29. The minimum atomic E-state index is -0.680. The van der Waals surface area contributed by atoms with Gasteiger partial charge in [-0.05, 0) is 25.0 Å². The van der Waals surface area contributed by atoms with Gasteiger partial charge in [0.2, 0.25) is 0 Å². The van der Waals surface area contributed by atoms with Crippen molar-refractivity contribution < 1.29 is 9.84 Å². The number of ether oxygens (including phenoxy) is 1. The van der Waals surface area contributed by atoms with Gasteiger partial charge in [-0.15, -0.1) is 0 Å². The Labute approximate surface area is 105 Å². The summed E-state index contributed by atoms with van der Waals surface area (Å²) in [6, 6.07) is 8.05. The van der Waals surface area contributed by atoms with Crippen LogP contribution >= 0.6 is 15.9 Å². The van der Waals surface area contributed by atoms with Crippen molar-refractivity contribution in [2.75, 3.05) is 13.2 Å². The van der Waals surface area contributed by atoms with Crippen molar-refractivity contribution in [3.8, 4) is 0 Å². The second-order valence-corrected chi connectivity index (χ2v) is 5.54. The summed E-state index contributed by atoms with van der Waals surface area (Å²) >= 11 is 3.52. The largest absolute Gasteiger partial charge is 0.389 e.